The van der Waals surface area contributed by atoms with Crippen molar-refractivity contribution in [1.29, 1.82) is 0 Å². The van der Waals surface area contributed by atoms with Gasteiger partial charge in [0.25, 0.3) is 0 Å². The van der Waals surface area contributed by atoms with Crippen LogP contribution in [0.25, 0.3) is 6.08 Å². The number of aliphatic hydroxyl groups excluding tert-OH is 3. The summed E-state index contributed by atoms with van der Waals surface area (Å²) in [6.45, 7) is 1.73. The van der Waals surface area contributed by atoms with Crippen LogP contribution in [0.1, 0.15) is 46.7 Å². The van der Waals surface area contributed by atoms with Crippen molar-refractivity contribution in [1.82, 2.24) is 0 Å². The van der Waals surface area contributed by atoms with Crippen LogP contribution in [0.5, 0.6) is 0 Å². The first-order valence-corrected chi connectivity index (χ1v) is 9.65. The van der Waals surface area contributed by atoms with E-state index in [0.717, 1.165) is 53.2 Å². The van der Waals surface area contributed by atoms with Crippen molar-refractivity contribution in [3.8, 4) is 0 Å². The normalized spacial score (nSPS) is 13.2. The summed E-state index contributed by atoms with van der Waals surface area (Å²) in [5.41, 5.74) is 5.25. The molecule has 0 saturated heterocycles. The zero-order valence-corrected chi connectivity index (χ0v) is 16.4. The van der Waals surface area contributed by atoms with Crippen molar-refractivity contribution >= 4 is 6.08 Å². The summed E-state index contributed by atoms with van der Waals surface area (Å²) in [5, 5.41) is 27.8. The van der Waals surface area contributed by atoms with E-state index in [1.54, 1.807) is 6.07 Å². The summed E-state index contributed by atoms with van der Waals surface area (Å²) in [6, 6.07) is 11.4. The van der Waals surface area contributed by atoms with Gasteiger partial charge in [-0.1, -0.05) is 49.4 Å². The molecule has 0 saturated carbocycles. The Balaban J connectivity index is 2.01. The molecule has 0 heterocycles. The Morgan fingerprint density at radius 2 is 1.48 bits per heavy atom. The number of hydrogen-bond donors (Lipinski definition) is 3. The maximum absolute atomic E-state index is 12.4. The second-order valence-electron chi connectivity index (χ2n) is 7.01. The molecular weight excluding hydrogens is 381 g/mol. The highest BCUT2D eigenvalue weighted by atomic mass is 19.4. The van der Waals surface area contributed by atoms with E-state index in [9.17, 15) is 23.4 Å². The molecule has 1 atom stereocenters. The molecule has 0 aliphatic heterocycles. The van der Waals surface area contributed by atoms with Crippen molar-refractivity contribution < 1.29 is 28.5 Å². The predicted octanol–water partition coefficient (Wildman–Crippen LogP) is 4.35. The molecule has 2 rings (SSSR count). The fourth-order valence-corrected chi connectivity index (χ4v) is 3.22. The van der Waals surface area contributed by atoms with E-state index < -0.39 is 12.3 Å². The molecule has 2 aromatic rings. The monoisotopic (exact) mass is 408 g/mol. The third-order valence-corrected chi connectivity index (χ3v) is 4.92. The Labute approximate surface area is 169 Å². The second kappa shape index (κ2) is 10.6. The van der Waals surface area contributed by atoms with Gasteiger partial charge in [-0.15, -0.1) is 0 Å². The molecule has 0 aliphatic rings. The molecule has 158 valence electrons. The molecule has 0 bridgehead atoms. The van der Waals surface area contributed by atoms with Crippen molar-refractivity contribution in [3.05, 3.63) is 75.9 Å². The standard InChI is InChI=1S/C23H27F3O3/c1-2-18-12-16(6-8-19(18)10-11-22(29)23(24,25)26)4-3-5-17-7-9-20(14-27)21(13-17)15-28/h6-13,22,27-29H,2-5,14-15H2,1H3. The van der Waals surface area contributed by atoms with E-state index in [0.29, 0.717) is 12.0 Å². The average molecular weight is 408 g/mol. The van der Waals surface area contributed by atoms with Gasteiger partial charge in [0, 0.05) is 0 Å². The highest BCUT2D eigenvalue weighted by Crippen LogP contribution is 2.23. The minimum atomic E-state index is -4.66. The second-order valence-corrected chi connectivity index (χ2v) is 7.01. The Morgan fingerprint density at radius 1 is 0.897 bits per heavy atom. The molecule has 0 spiro atoms. The molecule has 1 unspecified atom stereocenters. The lowest BCUT2D eigenvalue weighted by Crippen LogP contribution is -2.25. The summed E-state index contributed by atoms with van der Waals surface area (Å²) in [7, 11) is 0. The van der Waals surface area contributed by atoms with Crippen LogP contribution in [0.15, 0.2) is 42.5 Å². The van der Waals surface area contributed by atoms with E-state index in [-0.39, 0.29) is 13.2 Å². The minimum Gasteiger partial charge on any atom is -0.392 e. The first-order valence-electron chi connectivity index (χ1n) is 9.65. The quantitative estimate of drug-likeness (QED) is 0.578. The van der Waals surface area contributed by atoms with Crippen LogP contribution < -0.4 is 0 Å². The number of rotatable bonds is 9. The number of halogens is 3. The lowest BCUT2D eigenvalue weighted by molar-refractivity contribution is -0.187. The van der Waals surface area contributed by atoms with Crippen molar-refractivity contribution in [2.24, 2.45) is 0 Å². The third kappa shape index (κ3) is 6.70. The molecule has 2 aromatic carbocycles. The zero-order valence-electron chi connectivity index (χ0n) is 16.4. The average Bonchev–Trinajstić information content (AvgIpc) is 2.71. The molecule has 3 nitrogen and oxygen atoms in total. The van der Waals surface area contributed by atoms with Crippen LogP contribution >= 0.6 is 0 Å². The summed E-state index contributed by atoms with van der Waals surface area (Å²) in [5.74, 6) is 0. The first kappa shape index (κ1) is 23.1. The Bertz CT molecular complexity index is 829. The minimum absolute atomic E-state index is 0.100. The van der Waals surface area contributed by atoms with Gasteiger partial charge in [-0.2, -0.15) is 13.2 Å². The van der Waals surface area contributed by atoms with Gasteiger partial charge < -0.3 is 15.3 Å². The Hall–Kier alpha value is -2.15. The van der Waals surface area contributed by atoms with E-state index in [1.165, 1.54) is 6.08 Å². The van der Waals surface area contributed by atoms with Crippen LogP contribution in [0.2, 0.25) is 0 Å². The fraction of sp³-hybridized carbons (Fsp3) is 0.391. The molecule has 0 aromatic heterocycles. The molecule has 0 radical (unpaired) electrons. The molecule has 0 fully saturated rings. The highest BCUT2D eigenvalue weighted by Gasteiger charge is 2.36. The molecule has 0 aliphatic carbocycles. The van der Waals surface area contributed by atoms with Crippen LogP contribution in [0.4, 0.5) is 13.2 Å². The van der Waals surface area contributed by atoms with Gasteiger partial charge in [0.1, 0.15) is 0 Å². The van der Waals surface area contributed by atoms with Gasteiger partial charge in [0.2, 0.25) is 0 Å². The number of hydrogen-bond acceptors (Lipinski definition) is 3. The van der Waals surface area contributed by atoms with Crippen molar-refractivity contribution in [2.75, 3.05) is 0 Å². The summed E-state index contributed by atoms with van der Waals surface area (Å²) in [4.78, 5) is 0. The molecular formula is C23H27F3O3. The largest absolute Gasteiger partial charge is 0.417 e. The van der Waals surface area contributed by atoms with Gasteiger partial charge in [-0.25, -0.2) is 0 Å². The zero-order chi connectivity index (χ0) is 21.4. The van der Waals surface area contributed by atoms with Crippen LogP contribution in [-0.4, -0.2) is 27.6 Å². The first-order chi connectivity index (χ1) is 13.8. The van der Waals surface area contributed by atoms with Gasteiger partial charge in [-0.05, 0) is 65.1 Å². The van der Waals surface area contributed by atoms with Gasteiger partial charge >= 0.3 is 6.18 Å². The van der Waals surface area contributed by atoms with Crippen LogP contribution in [0.3, 0.4) is 0 Å². The molecule has 6 heteroatoms. The van der Waals surface area contributed by atoms with E-state index in [2.05, 4.69) is 0 Å². The Kier molecular flexibility index (Phi) is 8.44. The van der Waals surface area contributed by atoms with Gasteiger partial charge in [0.15, 0.2) is 6.10 Å². The topological polar surface area (TPSA) is 60.7 Å². The number of aryl methyl sites for hydroxylation is 3. The lowest BCUT2D eigenvalue weighted by atomic mass is 9.96. The highest BCUT2D eigenvalue weighted by molar-refractivity contribution is 5.55. The maximum atomic E-state index is 12.4. The number of alkyl halides is 3. The fourth-order valence-electron chi connectivity index (χ4n) is 3.22. The SMILES string of the molecule is CCc1cc(CCCc2ccc(CO)c(CO)c2)ccc1C=CC(O)C(F)(F)F. The molecule has 0 amide bonds. The van der Waals surface area contributed by atoms with E-state index in [4.69, 9.17) is 5.11 Å². The molecule has 3 N–H and O–H groups in total. The number of aliphatic hydroxyl groups is 3. The van der Waals surface area contributed by atoms with E-state index >= 15 is 0 Å². The summed E-state index contributed by atoms with van der Waals surface area (Å²) in [6.07, 6.45) is -1.84. The smallest absolute Gasteiger partial charge is 0.392 e. The third-order valence-electron chi connectivity index (χ3n) is 4.92. The van der Waals surface area contributed by atoms with Gasteiger partial charge in [0.05, 0.1) is 13.2 Å². The Morgan fingerprint density at radius 3 is 2.03 bits per heavy atom. The molecule has 29 heavy (non-hydrogen) atoms. The van der Waals surface area contributed by atoms with Crippen LogP contribution in [-0.2, 0) is 32.5 Å². The summed E-state index contributed by atoms with van der Waals surface area (Å²) >= 11 is 0. The predicted molar refractivity (Wildman–Crippen MR) is 107 cm³/mol. The van der Waals surface area contributed by atoms with Crippen molar-refractivity contribution in [3.63, 3.8) is 0 Å². The maximum Gasteiger partial charge on any atom is 0.417 e. The van der Waals surface area contributed by atoms with E-state index in [1.807, 2.05) is 37.3 Å². The van der Waals surface area contributed by atoms with Crippen LogP contribution in [0, 0.1) is 0 Å². The summed E-state index contributed by atoms with van der Waals surface area (Å²) < 4.78 is 37.3. The lowest BCUT2D eigenvalue weighted by Gasteiger charge is -2.11. The number of benzene rings is 2. The van der Waals surface area contributed by atoms with Gasteiger partial charge in [-0.3, -0.25) is 0 Å². The van der Waals surface area contributed by atoms with Crippen molar-refractivity contribution in [2.45, 2.75) is 58.1 Å².